The second-order valence-corrected chi connectivity index (χ2v) is 6.33. The Morgan fingerprint density at radius 3 is 2.35 bits per heavy atom. The van der Waals surface area contributed by atoms with Crippen molar-refractivity contribution in [1.29, 1.82) is 0 Å². The second kappa shape index (κ2) is 6.55. The molecule has 1 aromatic heterocycles. The zero-order valence-electron chi connectivity index (χ0n) is 14.5. The van der Waals surface area contributed by atoms with E-state index < -0.39 is 0 Å². The summed E-state index contributed by atoms with van der Waals surface area (Å²) in [4.78, 5) is 26.3. The molecule has 0 unspecified atom stereocenters. The molecule has 0 radical (unpaired) electrons. The van der Waals surface area contributed by atoms with E-state index in [2.05, 4.69) is 21.6 Å². The second-order valence-electron chi connectivity index (χ2n) is 6.33. The number of fused-ring (bicyclic) bond motifs is 5. The number of carbonyl (C=O) groups is 2. The highest BCUT2D eigenvalue weighted by molar-refractivity contribution is 6.01. The predicted molar refractivity (Wildman–Crippen MR) is 101 cm³/mol. The lowest BCUT2D eigenvalue weighted by molar-refractivity contribution is -0.125. The van der Waals surface area contributed by atoms with E-state index in [0.717, 1.165) is 33.8 Å². The Labute approximate surface area is 151 Å². The van der Waals surface area contributed by atoms with Crippen LogP contribution in [-0.2, 0) is 16.1 Å². The smallest absolute Gasteiger partial charge is 0.227 e. The SMILES string of the molecule is CNC(=O)CCC(=O)N1Cc2ccccc2-c2[nH][nH]c2-c2ccccc21. The Balaban J connectivity index is 1.78. The number of rotatable bonds is 3. The number of aromatic amines is 2. The largest absolute Gasteiger partial charge is 0.359 e. The average molecular weight is 348 g/mol. The molecule has 0 aliphatic carbocycles. The minimum atomic E-state index is -0.131. The molecule has 0 saturated heterocycles. The summed E-state index contributed by atoms with van der Waals surface area (Å²) in [5, 5.41) is 8.90. The molecule has 3 aromatic rings. The zero-order valence-corrected chi connectivity index (χ0v) is 14.5. The number of benzene rings is 2. The molecule has 1 aliphatic heterocycles. The van der Waals surface area contributed by atoms with E-state index in [9.17, 15) is 9.59 Å². The predicted octanol–water partition coefficient (Wildman–Crippen LogP) is 3.05. The van der Waals surface area contributed by atoms with Crippen molar-refractivity contribution in [3.05, 3.63) is 54.1 Å². The van der Waals surface area contributed by atoms with Gasteiger partial charge in [-0.1, -0.05) is 42.5 Å². The Kier molecular flexibility index (Phi) is 4.08. The third kappa shape index (κ3) is 2.69. The van der Waals surface area contributed by atoms with Crippen LogP contribution in [-0.4, -0.2) is 29.1 Å². The van der Waals surface area contributed by atoms with Gasteiger partial charge in [0.1, 0.15) is 0 Å². The van der Waals surface area contributed by atoms with Crippen LogP contribution in [0.15, 0.2) is 48.5 Å². The molecule has 3 N–H and O–H groups in total. The maximum absolute atomic E-state index is 13.0. The van der Waals surface area contributed by atoms with E-state index in [1.165, 1.54) is 0 Å². The molecule has 0 spiro atoms. The molecule has 26 heavy (non-hydrogen) atoms. The lowest BCUT2D eigenvalue weighted by Gasteiger charge is -2.30. The Morgan fingerprint density at radius 2 is 1.62 bits per heavy atom. The van der Waals surface area contributed by atoms with Crippen molar-refractivity contribution in [1.82, 2.24) is 15.5 Å². The summed E-state index contributed by atoms with van der Waals surface area (Å²) >= 11 is 0. The van der Waals surface area contributed by atoms with Crippen molar-refractivity contribution in [2.45, 2.75) is 19.4 Å². The number of H-pyrrole nitrogens is 2. The third-order valence-electron chi connectivity index (χ3n) is 4.79. The van der Waals surface area contributed by atoms with Crippen LogP contribution in [0.3, 0.4) is 0 Å². The van der Waals surface area contributed by atoms with Crippen LogP contribution < -0.4 is 10.2 Å². The van der Waals surface area contributed by atoms with E-state index in [4.69, 9.17) is 0 Å². The number of hydrogen-bond donors (Lipinski definition) is 3. The number of anilines is 1. The summed E-state index contributed by atoms with van der Waals surface area (Å²) in [6.45, 7) is 0.470. The molecule has 0 atom stereocenters. The van der Waals surface area contributed by atoms with Crippen LogP contribution in [0.5, 0.6) is 0 Å². The fraction of sp³-hybridized carbons (Fsp3) is 0.200. The topological polar surface area (TPSA) is 81.0 Å². The van der Waals surface area contributed by atoms with Crippen LogP contribution in [0, 0.1) is 0 Å². The number of nitrogens with one attached hydrogen (secondary N) is 3. The van der Waals surface area contributed by atoms with E-state index in [0.29, 0.717) is 6.54 Å². The van der Waals surface area contributed by atoms with Gasteiger partial charge in [-0.3, -0.25) is 19.8 Å². The molecule has 4 rings (SSSR count). The van der Waals surface area contributed by atoms with Crippen LogP contribution >= 0.6 is 0 Å². The fourth-order valence-corrected chi connectivity index (χ4v) is 3.37. The lowest BCUT2D eigenvalue weighted by atomic mass is 9.94. The fourth-order valence-electron chi connectivity index (χ4n) is 3.37. The van der Waals surface area contributed by atoms with E-state index in [1.807, 2.05) is 42.5 Å². The van der Waals surface area contributed by atoms with Gasteiger partial charge in [-0.05, 0) is 11.6 Å². The van der Waals surface area contributed by atoms with Crippen molar-refractivity contribution in [2.75, 3.05) is 11.9 Å². The number of carbonyl (C=O) groups excluding carboxylic acids is 2. The molecule has 132 valence electrons. The van der Waals surface area contributed by atoms with Gasteiger partial charge < -0.3 is 10.2 Å². The number of hydrogen-bond acceptors (Lipinski definition) is 2. The normalized spacial score (nSPS) is 12.4. The first-order chi connectivity index (χ1) is 12.7. The van der Waals surface area contributed by atoms with Crippen molar-refractivity contribution >= 4 is 17.5 Å². The minimum absolute atomic E-state index is 0.0628. The number of nitrogens with zero attached hydrogens (tertiary/aromatic N) is 1. The van der Waals surface area contributed by atoms with Gasteiger partial charge in [-0.25, -0.2) is 0 Å². The van der Waals surface area contributed by atoms with Crippen LogP contribution in [0.2, 0.25) is 0 Å². The van der Waals surface area contributed by atoms with Gasteiger partial charge >= 0.3 is 0 Å². The maximum Gasteiger partial charge on any atom is 0.227 e. The molecule has 2 aromatic carbocycles. The van der Waals surface area contributed by atoms with Crippen molar-refractivity contribution in [2.24, 2.45) is 0 Å². The molecule has 2 amide bonds. The zero-order chi connectivity index (χ0) is 18.1. The summed E-state index contributed by atoms with van der Waals surface area (Å²) in [5.41, 5.74) is 6.01. The maximum atomic E-state index is 13.0. The lowest BCUT2D eigenvalue weighted by Crippen LogP contribution is -2.33. The highest BCUT2D eigenvalue weighted by Gasteiger charge is 2.27. The summed E-state index contributed by atoms with van der Waals surface area (Å²) in [5.74, 6) is -0.193. The highest BCUT2D eigenvalue weighted by atomic mass is 16.2. The third-order valence-corrected chi connectivity index (χ3v) is 4.79. The van der Waals surface area contributed by atoms with Crippen LogP contribution in [0.4, 0.5) is 5.69 Å². The molecule has 0 fully saturated rings. The van der Waals surface area contributed by atoms with Crippen molar-refractivity contribution in [3.63, 3.8) is 0 Å². The molecule has 6 nitrogen and oxygen atoms in total. The molecule has 0 saturated carbocycles. The minimum Gasteiger partial charge on any atom is -0.359 e. The first-order valence-electron chi connectivity index (χ1n) is 8.64. The summed E-state index contributed by atoms with van der Waals surface area (Å²) in [7, 11) is 1.58. The van der Waals surface area contributed by atoms with Gasteiger partial charge in [0.2, 0.25) is 11.8 Å². The first-order valence-corrected chi connectivity index (χ1v) is 8.64. The van der Waals surface area contributed by atoms with Gasteiger partial charge in [0.25, 0.3) is 0 Å². The molecular weight excluding hydrogens is 328 g/mol. The van der Waals surface area contributed by atoms with Gasteiger partial charge in [-0.15, -0.1) is 0 Å². The summed E-state index contributed by atoms with van der Waals surface area (Å²) < 4.78 is 0. The van der Waals surface area contributed by atoms with Gasteiger partial charge in [-0.2, -0.15) is 0 Å². The number of aromatic nitrogens is 2. The summed E-state index contributed by atoms with van der Waals surface area (Å²) in [6, 6.07) is 15.9. The van der Waals surface area contributed by atoms with Gasteiger partial charge in [0, 0.05) is 31.0 Å². The van der Waals surface area contributed by atoms with Crippen LogP contribution in [0.1, 0.15) is 18.4 Å². The van der Waals surface area contributed by atoms with E-state index >= 15 is 0 Å². The number of amides is 2. The quantitative estimate of drug-likeness (QED) is 0.680. The van der Waals surface area contributed by atoms with Gasteiger partial charge in [0.05, 0.1) is 23.6 Å². The van der Waals surface area contributed by atoms with Crippen molar-refractivity contribution in [3.8, 4) is 22.5 Å². The van der Waals surface area contributed by atoms with E-state index in [1.54, 1.807) is 11.9 Å². The monoisotopic (exact) mass is 348 g/mol. The molecule has 1 aliphatic rings. The van der Waals surface area contributed by atoms with Gasteiger partial charge in [0.15, 0.2) is 0 Å². The standard InChI is InChI=1S/C20H20N4O2/c1-21-17(25)10-11-18(26)24-12-13-6-2-3-7-14(13)19-20(23-22-19)15-8-4-5-9-16(15)24/h2-9,22-23H,10-12H2,1H3,(H,21,25). The van der Waals surface area contributed by atoms with Crippen molar-refractivity contribution < 1.29 is 9.59 Å². The molecule has 0 bridgehead atoms. The molecule has 6 heteroatoms. The Morgan fingerprint density at radius 1 is 0.962 bits per heavy atom. The summed E-state index contributed by atoms with van der Waals surface area (Å²) in [6.07, 6.45) is 0.358. The number of para-hydroxylation sites is 1. The highest BCUT2D eigenvalue weighted by Crippen LogP contribution is 2.41. The molecule has 2 heterocycles. The van der Waals surface area contributed by atoms with Crippen LogP contribution in [0.25, 0.3) is 22.5 Å². The Bertz CT molecular complexity index is 970. The first kappa shape index (κ1) is 16.2. The average Bonchev–Trinajstić information content (AvgIpc) is 2.64. The van der Waals surface area contributed by atoms with E-state index in [-0.39, 0.29) is 24.7 Å². The molecular formula is C20H20N4O2. The Hall–Kier alpha value is -3.28.